The Bertz CT molecular complexity index is 634. The lowest BCUT2D eigenvalue weighted by atomic mass is 10.3. The zero-order valence-electron chi connectivity index (χ0n) is 13.5. The van der Waals surface area contributed by atoms with Crippen LogP contribution in [0.4, 0.5) is 0 Å². The van der Waals surface area contributed by atoms with Crippen molar-refractivity contribution in [2.75, 3.05) is 33.0 Å². The maximum absolute atomic E-state index is 6.01. The van der Waals surface area contributed by atoms with Crippen molar-refractivity contribution in [2.24, 2.45) is 0 Å². The SMILES string of the molecule is CCOc1ccccc1OCCOCCOc1cc(Cl)ccc1Cl. The van der Waals surface area contributed by atoms with E-state index in [9.17, 15) is 0 Å². The summed E-state index contributed by atoms with van der Waals surface area (Å²) in [6, 6.07) is 12.7. The summed E-state index contributed by atoms with van der Waals surface area (Å²) in [4.78, 5) is 0. The summed E-state index contributed by atoms with van der Waals surface area (Å²) < 4.78 is 22.2. The Labute approximate surface area is 152 Å². The Kier molecular flexibility index (Phi) is 8.02. The number of hydrogen-bond donors (Lipinski definition) is 0. The summed E-state index contributed by atoms with van der Waals surface area (Å²) in [5.74, 6) is 2.00. The van der Waals surface area contributed by atoms with Crippen LogP contribution < -0.4 is 14.2 Å². The fourth-order valence-corrected chi connectivity index (χ4v) is 2.29. The Hall–Kier alpha value is -1.62. The van der Waals surface area contributed by atoms with Crippen LogP contribution in [0.25, 0.3) is 0 Å². The van der Waals surface area contributed by atoms with Crippen LogP contribution in [-0.2, 0) is 4.74 Å². The fraction of sp³-hybridized carbons (Fsp3) is 0.333. The van der Waals surface area contributed by atoms with E-state index >= 15 is 0 Å². The summed E-state index contributed by atoms with van der Waals surface area (Å²) in [5, 5.41) is 1.10. The monoisotopic (exact) mass is 370 g/mol. The lowest BCUT2D eigenvalue weighted by molar-refractivity contribution is 0.0756. The van der Waals surface area contributed by atoms with Crippen molar-refractivity contribution >= 4 is 23.2 Å². The Morgan fingerprint density at radius 1 is 0.750 bits per heavy atom. The Morgan fingerprint density at radius 3 is 2.04 bits per heavy atom. The van der Waals surface area contributed by atoms with E-state index in [1.807, 2.05) is 31.2 Å². The van der Waals surface area contributed by atoms with Crippen molar-refractivity contribution in [3.8, 4) is 17.2 Å². The third kappa shape index (κ3) is 6.11. The molecule has 0 fully saturated rings. The van der Waals surface area contributed by atoms with E-state index in [0.717, 1.165) is 5.75 Å². The van der Waals surface area contributed by atoms with Gasteiger partial charge in [-0.1, -0.05) is 35.3 Å². The maximum atomic E-state index is 6.01. The third-order valence-corrected chi connectivity index (χ3v) is 3.56. The number of rotatable bonds is 10. The Morgan fingerprint density at radius 2 is 1.38 bits per heavy atom. The van der Waals surface area contributed by atoms with Crippen LogP contribution in [0.2, 0.25) is 10.0 Å². The number of benzene rings is 2. The molecule has 0 atom stereocenters. The van der Waals surface area contributed by atoms with Gasteiger partial charge in [0, 0.05) is 11.1 Å². The molecule has 0 saturated carbocycles. The number of hydrogen-bond acceptors (Lipinski definition) is 4. The average Bonchev–Trinajstić information content (AvgIpc) is 2.58. The summed E-state index contributed by atoms with van der Waals surface area (Å²) >= 11 is 11.9. The van der Waals surface area contributed by atoms with Crippen molar-refractivity contribution in [1.82, 2.24) is 0 Å². The van der Waals surface area contributed by atoms with E-state index < -0.39 is 0 Å². The second kappa shape index (κ2) is 10.3. The minimum absolute atomic E-state index is 0.385. The molecule has 2 rings (SSSR count). The van der Waals surface area contributed by atoms with E-state index in [2.05, 4.69) is 0 Å². The van der Waals surface area contributed by atoms with E-state index in [1.54, 1.807) is 18.2 Å². The summed E-state index contributed by atoms with van der Waals surface area (Å²) in [7, 11) is 0. The van der Waals surface area contributed by atoms with Gasteiger partial charge in [-0.3, -0.25) is 0 Å². The molecular weight excluding hydrogens is 351 g/mol. The molecule has 0 saturated heterocycles. The largest absolute Gasteiger partial charge is 0.490 e. The molecule has 6 heteroatoms. The standard InChI is InChI=1S/C18H20Cl2O4/c1-2-22-16-5-3-4-6-17(16)23-11-9-21-10-12-24-18-13-14(19)7-8-15(18)20/h3-8,13H,2,9-12H2,1H3. The molecule has 0 amide bonds. The van der Waals surface area contributed by atoms with Gasteiger partial charge in [0.2, 0.25) is 0 Å². The molecule has 0 N–H and O–H groups in total. The molecule has 0 aliphatic rings. The van der Waals surface area contributed by atoms with Crippen molar-refractivity contribution < 1.29 is 18.9 Å². The van der Waals surface area contributed by atoms with Gasteiger partial charge in [-0.05, 0) is 31.2 Å². The zero-order chi connectivity index (χ0) is 17.2. The highest BCUT2D eigenvalue weighted by atomic mass is 35.5. The molecule has 0 bridgehead atoms. The second-order valence-electron chi connectivity index (χ2n) is 4.76. The van der Waals surface area contributed by atoms with E-state index in [4.69, 9.17) is 42.1 Å². The average molecular weight is 371 g/mol. The first-order chi connectivity index (χ1) is 11.7. The van der Waals surface area contributed by atoms with Gasteiger partial charge in [0.1, 0.15) is 19.0 Å². The lowest BCUT2D eigenvalue weighted by Gasteiger charge is -2.12. The third-order valence-electron chi connectivity index (χ3n) is 3.01. The molecule has 0 radical (unpaired) electrons. The first kappa shape index (κ1) is 18.7. The van der Waals surface area contributed by atoms with Crippen molar-refractivity contribution in [1.29, 1.82) is 0 Å². The van der Waals surface area contributed by atoms with Gasteiger partial charge in [-0.2, -0.15) is 0 Å². The normalized spacial score (nSPS) is 10.5. The molecule has 0 spiro atoms. The zero-order valence-corrected chi connectivity index (χ0v) is 15.0. The summed E-state index contributed by atoms with van der Waals surface area (Å²) in [6.07, 6.45) is 0. The highest BCUT2D eigenvalue weighted by molar-refractivity contribution is 6.34. The molecular formula is C18H20Cl2O4. The molecule has 0 unspecified atom stereocenters. The fourth-order valence-electron chi connectivity index (χ4n) is 1.96. The van der Waals surface area contributed by atoms with Crippen LogP contribution in [0.5, 0.6) is 17.2 Å². The summed E-state index contributed by atoms with van der Waals surface area (Å²) in [6.45, 7) is 4.23. The van der Waals surface area contributed by atoms with Crippen LogP contribution in [0.15, 0.2) is 42.5 Å². The topological polar surface area (TPSA) is 36.9 Å². The molecule has 2 aromatic carbocycles. The van der Waals surface area contributed by atoms with Gasteiger partial charge in [0.25, 0.3) is 0 Å². The van der Waals surface area contributed by atoms with Crippen LogP contribution in [-0.4, -0.2) is 33.0 Å². The molecule has 4 nitrogen and oxygen atoms in total. The summed E-state index contributed by atoms with van der Waals surface area (Å²) in [5.41, 5.74) is 0. The van der Waals surface area contributed by atoms with Gasteiger partial charge in [-0.25, -0.2) is 0 Å². The van der Waals surface area contributed by atoms with Crippen molar-refractivity contribution in [3.63, 3.8) is 0 Å². The minimum Gasteiger partial charge on any atom is -0.490 e. The second-order valence-corrected chi connectivity index (χ2v) is 5.61. The van der Waals surface area contributed by atoms with Crippen molar-refractivity contribution in [2.45, 2.75) is 6.92 Å². The van der Waals surface area contributed by atoms with Gasteiger partial charge < -0.3 is 18.9 Å². The van der Waals surface area contributed by atoms with Crippen LogP contribution >= 0.6 is 23.2 Å². The lowest BCUT2D eigenvalue weighted by Crippen LogP contribution is -2.12. The molecule has 0 heterocycles. The van der Waals surface area contributed by atoms with Gasteiger partial charge in [0.15, 0.2) is 11.5 Å². The maximum Gasteiger partial charge on any atom is 0.161 e. The first-order valence-electron chi connectivity index (χ1n) is 7.71. The van der Waals surface area contributed by atoms with Gasteiger partial charge in [-0.15, -0.1) is 0 Å². The molecule has 0 aliphatic heterocycles. The van der Waals surface area contributed by atoms with E-state index in [0.29, 0.717) is 54.6 Å². The minimum atomic E-state index is 0.385. The smallest absolute Gasteiger partial charge is 0.161 e. The molecule has 24 heavy (non-hydrogen) atoms. The van der Waals surface area contributed by atoms with Crippen LogP contribution in [0.1, 0.15) is 6.92 Å². The number of para-hydroxylation sites is 2. The van der Waals surface area contributed by atoms with E-state index in [-0.39, 0.29) is 0 Å². The van der Waals surface area contributed by atoms with E-state index in [1.165, 1.54) is 0 Å². The first-order valence-corrected chi connectivity index (χ1v) is 8.46. The highest BCUT2D eigenvalue weighted by Crippen LogP contribution is 2.27. The molecule has 0 aliphatic carbocycles. The van der Waals surface area contributed by atoms with Crippen LogP contribution in [0, 0.1) is 0 Å². The number of ether oxygens (including phenoxy) is 4. The molecule has 130 valence electrons. The predicted octanol–water partition coefficient (Wildman–Crippen LogP) is 4.87. The quantitative estimate of drug-likeness (QED) is 0.559. The van der Waals surface area contributed by atoms with Gasteiger partial charge >= 0.3 is 0 Å². The molecule has 0 aromatic heterocycles. The molecule has 2 aromatic rings. The Balaban J connectivity index is 1.63. The highest BCUT2D eigenvalue weighted by Gasteiger charge is 2.04. The predicted molar refractivity (Wildman–Crippen MR) is 95.9 cm³/mol. The van der Waals surface area contributed by atoms with Gasteiger partial charge in [0.05, 0.1) is 24.8 Å². The van der Waals surface area contributed by atoms with Crippen molar-refractivity contribution in [3.05, 3.63) is 52.5 Å². The number of halogens is 2. The van der Waals surface area contributed by atoms with Crippen LogP contribution in [0.3, 0.4) is 0 Å².